The van der Waals surface area contributed by atoms with E-state index in [9.17, 15) is 13.2 Å². The lowest BCUT2D eigenvalue weighted by molar-refractivity contribution is -0.159. The summed E-state index contributed by atoms with van der Waals surface area (Å²) in [5.74, 6) is -3.14. The molecule has 1 heterocycles. The highest BCUT2D eigenvalue weighted by Crippen LogP contribution is 2.24. The number of rotatable bonds is 7. The predicted octanol–water partition coefficient (Wildman–Crippen LogP) is 1.28. The van der Waals surface area contributed by atoms with Gasteiger partial charge in [-0.15, -0.1) is 0 Å². The summed E-state index contributed by atoms with van der Waals surface area (Å²) in [5.41, 5.74) is 1.38. The van der Waals surface area contributed by atoms with Gasteiger partial charge in [0.25, 0.3) is 0 Å². The average molecular weight is 500 g/mol. The molecule has 0 unspecified atom stereocenters. The zero-order chi connectivity index (χ0) is 25.1. The molecule has 1 aromatic rings. The molecule has 1 aliphatic heterocycles. The smallest absolute Gasteiger partial charge is 0.414 e. The number of morpholine rings is 1. The Kier molecular flexibility index (Phi) is 10.9. The van der Waals surface area contributed by atoms with E-state index in [1.54, 1.807) is 18.2 Å². The van der Waals surface area contributed by atoms with Crippen molar-refractivity contribution in [1.29, 1.82) is 0 Å². The van der Waals surface area contributed by atoms with Gasteiger partial charge in [-0.3, -0.25) is 4.79 Å². The van der Waals surface area contributed by atoms with Gasteiger partial charge in [0.05, 0.1) is 24.7 Å². The number of ether oxygens (including phenoxy) is 1. The van der Waals surface area contributed by atoms with Crippen molar-refractivity contribution in [2.24, 2.45) is 5.92 Å². The number of carbonyl (C=O) groups excluding carboxylic acids is 1. The third-order valence-corrected chi connectivity index (χ3v) is 7.61. The minimum Gasteiger partial charge on any atom is -0.473 e. The molecule has 0 radical (unpaired) electrons. The Hall–Kier alpha value is -2.54. The summed E-state index contributed by atoms with van der Waals surface area (Å²) in [6.45, 7) is 4.46. The Balaban J connectivity index is 0.000000604. The molecule has 0 bridgehead atoms. The number of benzene rings is 1. The van der Waals surface area contributed by atoms with E-state index in [4.69, 9.17) is 24.5 Å². The molecule has 4 N–H and O–H groups in total. The SMILES string of the molecule is Cc1ccc(S(=O)(=O)N2CCOCC2)cc1NC(=O)CNCC1CCCCC1.O=C(O)C(=O)O. The van der Waals surface area contributed by atoms with Crippen LogP contribution in [0.1, 0.15) is 37.7 Å². The van der Waals surface area contributed by atoms with Crippen LogP contribution in [-0.2, 0) is 29.1 Å². The normalized spacial score (nSPS) is 17.3. The van der Waals surface area contributed by atoms with Crippen molar-refractivity contribution in [3.8, 4) is 0 Å². The quantitative estimate of drug-likeness (QED) is 0.405. The maximum Gasteiger partial charge on any atom is 0.414 e. The fourth-order valence-corrected chi connectivity index (χ4v) is 5.24. The summed E-state index contributed by atoms with van der Waals surface area (Å²) >= 11 is 0. The van der Waals surface area contributed by atoms with Gasteiger partial charge in [-0.25, -0.2) is 18.0 Å². The monoisotopic (exact) mass is 499 g/mol. The van der Waals surface area contributed by atoms with Crippen LogP contribution in [0.4, 0.5) is 5.69 Å². The Morgan fingerprint density at radius 2 is 1.68 bits per heavy atom. The van der Waals surface area contributed by atoms with Gasteiger partial charge in [-0.1, -0.05) is 25.3 Å². The van der Waals surface area contributed by atoms with Crippen molar-refractivity contribution < 1.29 is 37.8 Å². The van der Waals surface area contributed by atoms with E-state index in [-0.39, 0.29) is 17.3 Å². The van der Waals surface area contributed by atoms with E-state index in [0.29, 0.717) is 37.9 Å². The summed E-state index contributed by atoms with van der Waals surface area (Å²) < 4.78 is 32.3. The van der Waals surface area contributed by atoms with Crippen molar-refractivity contribution in [3.63, 3.8) is 0 Å². The first-order chi connectivity index (χ1) is 16.1. The highest BCUT2D eigenvalue weighted by atomic mass is 32.2. The number of hydrogen-bond donors (Lipinski definition) is 4. The van der Waals surface area contributed by atoms with Crippen LogP contribution in [-0.4, -0.2) is 80.2 Å². The number of aryl methyl sites for hydroxylation is 1. The minimum absolute atomic E-state index is 0.153. The molecule has 11 nitrogen and oxygen atoms in total. The summed E-state index contributed by atoms with van der Waals surface area (Å²) in [7, 11) is -3.58. The Bertz CT molecular complexity index is 943. The van der Waals surface area contributed by atoms with Crippen molar-refractivity contribution >= 4 is 33.6 Å². The molecule has 1 aromatic carbocycles. The molecule has 2 fully saturated rings. The largest absolute Gasteiger partial charge is 0.473 e. The minimum atomic E-state index is -3.58. The fourth-order valence-electron chi connectivity index (χ4n) is 3.81. The molecule has 3 rings (SSSR count). The highest BCUT2D eigenvalue weighted by molar-refractivity contribution is 7.89. The van der Waals surface area contributed by atoms with E-state index >= 15 is 0 Å². The molecule has 0 aromatic heterocycles. The number of sulfonamides is 1. The molecule has 1 saturated heterocycles. The second-order valence-electron chi connectivity index (χ2n) is 8.29. The van der Waals surface area contributed by atoms with Crippen LogP contribution in [0.15, 0.2) is 23.1 Å². The number of carboxylic acids is 2. The molecule has 1 saturated carbocycles. The maximum absolute atomic E-state index is 12.8. The van der Waals surface area contributed by atoms with E-state index in [1.165, 1.54) is 36.4 Å². The van der Waals surface area contributed by atoms with Gasteiger partial charge in [0.1, 0.15) is 0 Å². The number of aliphatic carboxylic acids is 2. The lowest BCUT2D eigenvalue weighted by Crippen LogP contribution is -2.40. The molecule has 2 aliphatic rings. The average Bonchev–Trinajstić information content (AvgIpc) is 2.82. The molecule has 0 atom stereocenters. The van der Waals surface area contributed by atoms with Crippen LogP contribution >= 0.6 is 0 Å². The second kappa shape index (κ2) is 13.4. The summed E-state index contributed by atoms with van der Waals surface area (Å²) in [6.07, 6.45) is 6.34. The molecule has 190 valence electrons. The molecule has 1 amide bonds. The first-order valence-electron chi connectivity index (χ1n) is 11.3. The van der Waals surface area contributed by atoms with Crippen LogP contribution in [0.3, 0.4) is 0 Å². The first-order valence-corrected chi connectivity index (χ1v) is 12.7. The third kappa shape index (κ3) is 8.67. The lowest BCUT2D eigenvalue weighted by Gasteiger charge is -2.26. The predicted molar refractivity (Wildman–Crippen MR) is 124 cm³/mol. The van der Waals surface area contributed by atoms with Crippen molar-refractivity contribution in [3.05, 3.63) is 23.8 Å². The number of nitrogens with zero attached hydrogens (tertiary/aromatic N) is 1. The fraction of sp³-hybridized carbons (Fsp3) is 0.591. The van der Waals surface area contributed by atoms with Gasteiger partial charge in [0.2, 0.25) is 15.9 Å². The van der Waals surface area contributed by atoms with Crippen LogP contribution in [0.5, 0.6) is 0 Å². The zero-order valence-electron chi connectivity index (χ0n) is 19.3. The van der Waals surface area contributed by atoms with Gasteiger partial charge >= 0.3 is 11.9 Å². The summed E-state index contributed by atoms with van der Waals surface area (Å²) in [4.78, 5) is 30.7. The van der Waals surface area contributed by atoms with Crippen LogP contribution in [0.2, 0.25) is 0 Å². The highest BCUT2D eigenvalue weighted by Gasteiger charge is 2.27. The van der Waals surface area contributed by atoms with Crippen molar-refractivity contribution in [2.75, 3.05) is 44.7 Å². The van der Waals surface area contributed by atoms with E-state index in [0.717, 1.165) is 12.1 Å². The van der Waals surface area contributed by atoms with E-state index in [1.807, 2.05) is 6.92 Å². The molecular weight excluding hydrogens is 466 g/mol. The van der Waals surface area contributed by atoms with E-state index in [2.05, 4.69) is 10.6 Å². The number of anilines is 1. The van der Waals surface area contributed by atoms with Gasteiger partial charge in [0.15, 0.2) is 0 Å². The van der Waals surface area contributed by atoms with E-state index < -0.39 is 22.0 Å². The second-order valence-corrected chi connectivity index (χ2v) is 10.2. The zero-order valence-corrected chi connectivity index (χ0v) is 20.1. The van der Waals surface area contributed by atoms with Crippen molar-refractivity contribution in [1.82, 2.24) is 9.62 Å². The summed E-state index contributed by atoms with van der Waals surface area (Å²) in [5, 5.41) is 20.9. The van der Waals surface area contributed by atoms with Gasteiger partial charge < -0.3 is 25.6 Å². The Morgan fingerprint density at radius 1 is 1.06 bits per heavy atom. The first kappa shape index (κ1) is 27.7. The van der Waals surface area contributed by atoms with Gasteiger partial charge in [-0.05, 0) is 49.9 Å². The molecule has 34 heavy (non-hydrogen) atoms. The van der Waals surface area contributed by atoms with Crippen molar-refractivity contribution in [2.45, 2.75) is 43.9 Å². The number of amides is 1. The summed E-state index contributed by atoms with van der Waals surface area (Å²) in [6, 6.07) is 4.88. The molecule has 0 spiro atoms. The number of nitrogens with one attached hydrogen (secondary N) is 2. The third-order valence-electron chi connectivity index (χ3n) is 5.72. The molecule has 1 aliphatic carbocycles. The van der Waals surface area contributed by atoms with Gasteiger partial charge in [-0.2, -0.15) is 4.31 Å². The van der Waals surface area contributed by atoms with Gasteiger partial charge in [0, 0.05) is 18.8 Å². The lowest BCUT2D eigenvalue weighted by atomic mass is 9.89. The Morgan fingerprint density at radius 3 is 2.26 bits per heavy atom. The number of carbonyl (C=O) groups is 3. The molecule has 12 heteroatoms. The number of carboxylic acid groups (broad SMARTS) is 2. The van der Waals surface area contributed by atoms with Crippen LogP contribution in [0, 0.1) is 12.8 Å². The standard InChI is InChI=1S/C20H31N3O4S.C2H2O4/c1-16-7-8-18(28(25,26)23-9-11-27-12-10-23)13-19(16)22-20(24)15-21-14-17-5-3-2-4-6-17;3-1(4)2(5)6/h7-8,13,17,21H,2-6,9-12,14-15H2,1H3,(H,22,24);(H,3,4)(H,5,6). The maximum atomic E-state index is 12.8. The topological polar surface area (TPSA) is 162 Å². The molecular formula is C22H33N3O8S. The van der Waals surface area contributed by atoms with Crippen LogP contribution in [0.25, 0.3) is 0 Å². The Labute approximate surface area is 199 Å². The number of hydrogen-bond acceptors (Lipinski definition) is 7. The van der Waals surface area contributed by atoms with Crippen LogP contribution < -0.4 is 10.6 Å².